The molecular weight excluding hydrogens is 459 g/mol. The molecule has 0 bridgehead atoms. The highest BCUT2D eigenvalue weighted by Gasteiger charge is 2.19. The van der Waals surface area contributed by atoms with E-state index < -0.39 is 5.82 Å². The van der Waals surface area contributed by atoms with Crippen LogP contribution in [0.25, 0.3) is 21.9 Å². The molecule has 1 amide bonds. The minimum atomic E-state index is -0.439. The molecule has 0 aliphatic heterocycles. The fourth-order valence-corrected chi connectivity index (χ4v) is 4.51. The van der Waals surface area contributed by atoms with Crippen LogP contribution in [-0.4, -0.2) is 27.1 Å². The Morgan fingerprint density at radius 3 is 2.47 bits per heavy atom. The normalized spacial score (nSPS) is 11.2. The van der Waals surface area contributed by atoms with Crippen LogP contribution in [0.4, 0.5) is 10.1 Å². The maximum Gasteiger partial charge on any atom is 0.278 e. The van der Waals surface area contributed by atoms with Crippen LogP contribution in [-0.2, 0) is 17.9 Å². The van der Waals surface area contributed by atoms with Crippen LogP contribution >= 0.6 is 0 Å². The van der Waals surface area contributed by atoms with Crippen molar-refractivity contribution in [3.8, 4) is 5.75 Å². The Morgan fingerprint density at radius 2 is 1.78 bits per heavy atom. The molecule has 7 nitrogen and oxygen atoms in total. The number of rotatable bonds is 6. The standard InChI is InChI=1S/C28H25FN4O3/c1-17-5-4-6-18(2)25(17)31-24(34)15-33-23-12-9-20(29)13-22(23)26-27(33)28(35)32(16-30-26)14-19-7-10-21(36-3)11-8-19/h4-13,16H,14-15H2,1-3H3,(H,31,34). The van der Waals surface area contributed by atoms with E-state index in [1.54, 1.807) is 17.7 Å². The number of aryl methyl sites for hydroxylation is 2. The van der Waals surface area contributed by atoms with Crippen molar-refractivity contribution in [2.75, 3.05) is 12.4 Å². The topological polar surface area (TPSA) is 78.2 Å². The second-order valence-corrected chi connectivity index (χ2v) is 8.79. The van der Waals surface area contributed by atoms with Crippen LogP contribution in [0, 0.1) is 19.7 Å². The van der Waals surface area contributed by atoms with E-state index in [9.17, 15) is 14.0 Å². The second kappa shape index (κ2) is 9.30. The van der Waals surface area contributed by atoms with E-state index in [-0.39, 0.29) is 30.1 Å². The summed E-state index contributed by atoms with van der Waals surface area (Å²) in [5.74, 6) is -0.0111. The number of ether oxygens (including phenoxy) is 1. The van der Waals surface area contributed by atoms with E-state index in [1.165, 1.54) is 23.0 Å². The number of nitrogens with zero attached hydrogens (tertiary/aromatic N) is 3. The summed E-state index contributed by atoms with van der Waals surface area (Å²) in [6, 6.07) is 17.4. The van der Waals surface area contributed by atoms with Gasteiger partial charge in [0.15, 0.2) is 0 Å². The Morgan fingerprint density at radius 1 is 1.06 bits per heavy atom. The van der Waals surface area contributed by atoms with Crippen molar-refractivity contribution in [2.24, 2.45) is 0 Å². The average molecular weight is 485 g/mol. The van der Waals surface area contributed by atoms with Gasteiger partial charge in [-0.15, -0.1) is 0 Å². The number of anilines is 1. The molecule has 0 spiro atoms. The maximum absolute atomic E-state index is 14.1. The van der Waals surface area contributed by atoms with Gasteiger partial charge in [-0.25, -0.2) is 9.37 Å². The Hall–Kier alpha value is -4.46. The van der Waals surface area contributed by atoms with Gasteiger partial charge in [-0.1, -0.05) is 30.3 Å². The van der Waals surface area contributed by atoms with Crippen LogP contribution in [0.3, 0.4) is 0 Å². The van der Waals surface area contributed by atoms with Crippen molar-refractivity contribution in [2.45, 2.75) is 26.9 Å². The molecule has 0 saturated carbocycles. The summed E-state index contributed by atoms with van der Waals surface area (Å²) in [7, 11) is 1.59. The van der Waals surface area contributed by atoms with Crippen LogP contribution in [0.5, 0.6) is 5.75 Å². The molecule has 8 heteroatoms. The van der Waals surface area contributed by atoms with Gasteiger partial charge < -0.3 is 14.6 Å². The molecule has 182 valence electrons. The lowest BCUT2D eigenvalue weighted by Gasteiger charge is -2.13. The van der Waals surface area contributed by atoms with E-state index in [0.29, 0.717) is 16.4 Å². The highest BCUT2D eigenvalue weighted by Crippen LogP contribution is 2.27. The zero-order chi connectivity index (χ0) is 25.4. The van der Waals surface area contributed by atoms with Crippen molar-refractivity contribution in [3.63, 3.8) is 0 Å². The summed E-state index contributed by atoms with van der Waals surface area (Å²) in [6.07, 6.45) is 1.46. The molecular formula is C28H25FN4O3. The molecule has 2 heterocycles. The first-order valence-electron chi connectivity index (χ1n) is 11.5. The van der Waals surface area contributed by atoms with Gasteiger partial charge in [0.1, 0.15) is 29.1 Å². The maximum atomic E-state index is 14.1. The molecule has 5 rings (SSSR count). The molecule has 0 aliphatic carbocycles. The van der Waals surface area contributed by atoms with Crippen molar-refractivity contribution in [3.05, 3.63) is 99.9 Å². The molecule has 3 aromatic carbocycles. The number of nitrogens with one attached hydrogen (secondary N) is 1. The number of para-hydroxylation sites is 1. The fraction of sp³-hybridized carbons (Fsp3) is 0.179. The van der Waals surface area contributed by atoms with Gasteiger partial charge in [0.2, 0.25) is 5.91 Å². The predicted molar refractivity (Wildman–Crippen MR) is 138 cm³/mol. The Kier molecular flexibility index (Phi) is 6.01. The summed E-state index contributed by atoms with van der Waals surface area (Å²) in [4.78, 5) is 31.3. The summed E-state index contributed by atoms with van der Waals surface area (Å²) in [5.41, 5.74) is 4.38. The minimum absolute atomic E-state index is 0.122. The molecule has 2 aromatic heterocycles. The summed E-state index contributed by atoms with van der Waals surface area (Å²) in [5, 5.41) is 3.45. The van der Waals surface area contributed by atoms with Gasteiger partial charge in [0.25, 0.3) is 5.56 Å². The molecule has 1 N–H and O–H groups in total. The fourth-order valence-electron chi connectivity index (χ4n) is 4.51. The Bertz CT molecular complexity index is 1650. The molecule has 0 fully saturated rings. The SMILES string of the molecule is COc1ccc(Cn2cnc3c4cc(F)ccc4n(CC(=O)Nc4c(C)cccc4C)c3c2=O)cc1. The van der Waals surface area contributed by atoms with Gasteiger partial charge in [-0.2, -0.15) is 0 Å². The largest absolute Gasteiger partial charge is 0.497 e. The van der Waals surface area contributed by atoms with Gasteiger partial charge in [-0.3, -0.25) is 14.2 Å². The molecule has 0 radical (unpaired) electrons. The zero-order valence-corrected chi connectivity index (χ0v) is 20.2. The van der Waals surface area contributed by atoms with Crippen LogP contribution in [0.15, 0.2) is 71.8 Å². The zero-order valence-electron chi connectivity index (χ0n) is 20.2. The van der Waals surface area contributed by atoms with Gasteiger partial charge in [0.05, 0.1) is 25.5 Å². The molecule has 0 aliphatic rings. The van der Waals surface area contributed by atoms with E-state index in [1.807, 2.05) is 56.3 Å². The second-order valence-electron chi connectivity index (χ2n) is 8.79. The number of aromatic nitrogens is 3. The Labute approximate surface area is 206 Å². The van der Waals surface area contributed by atoms with E-state index in [0.717, 1.165) is 28.1 Å². The van der Waals surface area contributed by atoms with Crippen LogP contribution < -0.4 is 15.6 Å². The van der Waals surface area contributed by atoms with Crippen LogP contribution in [0.1, 0.15) is 16.7 Å². The number of carbonyl (C=O) groups excluding carboxylic acids is 1. The van der Waals surface area contributed by atoms with E-state index in [4.69, 9.17) is 4.74 Å². The quantitative estimate of drug-likeness (QED) is 0.376. The highest BCUT2D eigenvalue weighted by atomic mass is 19.1. The monoisotopic (exact) mass is 484 g/mol. The van der Waals surface area contributed by atoms with Crippen molar-refractivity contribution in [1.82, 2.24) is 14.1 Å². The third-order valence-electron chi connectivity index (χ3n) is 6.35. The van der Waals surface area contributed by atoms with E-state index in [2.05, 4.69) is 10.3 Å². The molecule has 36 heavy (non-hydrogen) atoms. The molecule has 0 saturated heterocycles. The third kappa shape index (κ3) is 4.22. The van der Waals surface area contributed by atoms with E-state index >= 15 is 0 Å². The van der Waals surface area contributed by atoms with Gasteiger partial charge in [0, 0.05) is 11.1 Å². The summed E-state index contributed by atoms with van der Waals surface area (Å²) < 4.78 is 22.4. The predicted octanol–water partition coefficient (Wildman–Crippen LogP) is 4.80. The number of carbonyl (C=O) groups is 1. The van der Waals surface area contributed by atoms with Crippen molar-refractivity contribution < 1.29 is 13.9 Å². The first-order valence-corrected chi connectivity index (χ1v) is 11.5. The average Bonchev–Trinajstić information content (AvgIpc) is 3.16. The Balaban J connectivity index is 1.59. The molecule has 5 aromatic rings. The van der Waals surface area contributed by atoms with Crippen molar-refractivity contribution >= 4 is 33.5 Å². The number of fused-ring (bicyclic) bond motifs is 3. The highest BCUT2D eigenvalue weighted by molar-refractivity contribution is 6.06. The van der Waals surface area contributed by atoms with Gasteiger partial charge in [-0.05, 0) is 60.9 Å². The smallest absolute Gasteiger partial charge is 0.278 e. The lowest BCUT2D eigenvalue weighted by molar-refractivity contribution is -0.116. The number of amides is 1. The summed E-state index contributed by atoms with van der Waals surface area (Å²) in [6.45, 7) is 4.01. The molecule has 0 atom stereocenters. The minimum Gasteiger partial charge on any atom is -0.497 e. The first-order chi connectivity index (χ1) is 17.4. The number of halogens is 1. The molecule has 0 unspecified atom stereocenters. The first kappa shape index (κ1) is 23.3. The van der Waals surface area contributed by atoms with Crippen LogP contribution in [0.2, 0.25) is 0 Å². The number of hydrogen-bond acceptors (Lipinski definition) is 4. The third-order valence-corrected chi connectivity index (χ3v) is 6.35. The number of benzene rings is 3. The number of methoxy groups -OCH3 is 1. The van der Waals surface area contributed by atoms with Gasteiger partial charge >= 0.3 is 0 Å². The lowest BCUT2D eigenvalue weighted by Crippen LogP contribution is -2.25. The number of hydrogen-bond donors (Lipinski definition) is 1. The lowest BCUT2D eigenvalue weighted by atomic mass is 10.1. The summed E-state index contributed by atoms with van der Waals surface area (Å²) >= 11 is 0. The van der Waals surface area contributed by atoms with Crippen molar-refractivity contribution in [1.29, 1.82) is 0 Å².